The topological polar surface area (TPSA) is 26.3 Å². The third-order valence-electron chi connectivity index (χ3n) is 3.86. The fraction of sp³-hybridized carbons (Fsp3) is 0.533. The fourth-order valence-corrected chi connectivity index (χ4v) is 2.92. The zero-order chi connectivity index (χ0) is 12.1. The van der Waals surface area contributed by atoms with Gasteiger partial charge in [-0.1, -0.05) is 25.0 Å². The highest BCUT2D eigenvalue weighted by molar-refractivity contribution is 5.52. The lowest BCUT2D eigenvalue weighted by atomic mass is 9.83. The van der Waals surface area contributed by atoms with Crippen LogP contribution in [0.15, 0.2) is 24.3 Å². The molecular weight excluding hydrogens is 212 g/mol. The fourth-order valence-electron chi connectivity index (χ4n) is 2.92. The van der Waals surface area contributed by atoms with E-state index in [2.05, 4.69) is 12.1 Å². The second-order valence-electron chi connectivity index (χ2n) is 4.83. The largest absolute Gasteiger partial charge is 0.497 e. The number of carbonyl (C=O) groups excluding carboxylic acids is 1. The molecule has 0 spiro atoms. The van der Waals surface area contributed by atoms with Gasteiger partial charge in [-0.3, -0.25) is 0 Å². The second kappa shape index (κ2) is 5.85. The van der Waals surface area contributed by atoms with Gasteiger partial charge in [-0.05, 0) is 42.4 Å². The van der Waals surface area contributed by atoms with Crippen molar-refractivity contribution in [2.24, 2.45) is 5.92 Å². The van der Waals surface area contributed by atoms with Crippen LogP contribution in [-0.4, -0.2) is 13.4 Å². The van der Waals surface area contributed by atoms with E-state index in [-0.39, 0.29) is 0 Å². The van der Waals surface area contributed by atoms with Crippen LogP contribution in [0, 0.1) is 5.92 Å². The lowest BCUT2D eigenvalue weighted by Crippen LogP contribution is -2.10. The smallest absolute Gasteiger partial charge is 0.120 e. The van der Waals surface area contributed by atoms with Crippen molar-refractivity contribution < 1.29 is 9.53 Å². The molecule has 0 amide bonds. The molecule has 2 rings (SSSR count). The molecule has 0 radical (unpaired) electrons. The van der Waals surface area contributed by atoms with Gasteiger partial charge >= 0.3 is 0 Å². The van der Waals surface area contributed by atoms with Gasteiger partial charge in [0.2, 0.25) is 0 Å². The maximum absolute atomic E-state index is 10.8. The molecule has 0 bridgehead atoms. The first kappa shape index (κ1) is 12.2. The molecule has 1 aliphatic rings. The van der Waals surface area contributed by atoms with Gasteiger partial charge in [0.05, 0.1) is 7.11 Å². The first-order chi connectivity index (χ1) is 8.35. The van der Waals surface area contributed by atoms with Crippen LogP contribution >= 0.6 is 0 Å². The van der Waals surface area contributed by atoms with Gasteiger partial charge in [0.25, 0.3) is 0 Å². The van der Waals surface area contributed by atoms with Crippen LogP contribution < -0.4 is 4.74 Å². The molecule has 0 aromatic heterocycles. The van der Waals surface area contributed by atoms with Crippen molar-refractivity contribution in [1.82, 2.24) is 0 Å². The lowest BCUT2D eigenvalue weighted by molar-refractivity contribution is -0.108. The molecule has 17 heavy (non-hydrogen) atoms. The Bertz CT molecular complexity index is 350. The Morgan fingerprint density at radius 2 is 1.94 bits per heavy atom. The maximum atomic E-state index is 10.8. The van der Waals surface area contributed by atoms with Crippen molar-refractivity contribution in [3.8, 4) is 5.75 Å². The van der Waals surface area contributed by atoms with E-state index in [9.17, 15) is 4.79 Å². The Balaban J connectivity index is 2.15. The lowest BCUT2D eigenvalue weighted by Gasteiger charge is -2.22. The Labute approximate surface area is 103 Å². The van der Waals surface area contributed by atoms with Crippen molar-refractivity contribution >= 4 is 6.29 Å². The average Bonchev–Trinajstić information content (AvgIpc) is 2.90. The standard InChI is InChI=1S/C15H20O2/c1-17-14-8-6-13(7-9-14)15(10-11-16)12-4-2-3-5-12/h6-9,11-12,15H,2-5,10H2,1H3. The predicted molar refractivity (Wildman–Crippen MR) is 68.4 cm³/mol. The Kier molecular flexibility index (Phi) is 4.18. The molecule has 1 aromatic carbocycles. The summed E-state index contributed by atoms with van der Waals surface area (Å²) < 4.78 is 5.16. The van der Waals surface area contributed by atoms with Crippen molar-refractivity contribution in [1.29, 1.82) is 0 Å². The maximum Gasteiger partial charge on any atom is 0.120 e. The van der Waals surface area contributed by atoms with Crippen LogP contribution in [0.1, 0.15) is 43.6 Å². The van der Waals surface area contributed by atoms with Crippen LogP contribution in [0.25, 0.3) is 0 Å². The zero-order valence-electron chi connectivity index (χ0n) is 10.4. The molecule has 1 fully saturated rings. The summed E-state index contributed by atoms with van der Waals surface area (Å²) in [5.41, 5.74) is 1.28. The van der Waals surface area contributed by atoms with E-state index in [1.807, 2.05) is 12.1 Å². The summed E-state index contributed by atoms with van der Waals surface area (Å²) in [6, 6.07) is 8.18. The number of aldehydes is 1. The molecule has 0 saturated heterocycles. The number of rotatable bonds is 5. The highest BCUT2D eigenvalue weighted by Crippen LogP contribution is 2.39. The number of carbonyl (C=O) groups is 1. The molecule has 0 N–H and O–H groups in total. The minimum absolute atomic E-state index is 0.404. The van der Waals surface area contributed by atoms with E-state index < -0.39 is 0 Å². The van der Waals surface area contributed by atoms with E-state index in [4.69, 9.17) is 4.74 Å². The van der Waals surface area contributed by atoms with E-state index in [0.717, 1.165) is 12.0 Å². The average molecular weight is 232 g/mol. The third kappa shape index (κ3) is 2.87. The molecule has 0 heterocycles. The van der Waals surface area contributed by atoms with Crippen molar-refractivity contribution in [3.05, 3.63) is 29.8 Å². The molecule has 2 nitrogen and oxygen atoms in total. The predicted octanol–water partition coefficient (Wildman–Crippen LogP) is 3.56. The Morgan fingerprint density at radius 3 is 2.47 bits per heavy atom. The molecule has 2 heteroatoms. The van der Waals surface area contributed by atoms with E-state index in [1.165, 1.54) is 31.2 Å². The van der Waals surface area contributed by atoms with Crippen LogP contribution in [0.4, 0.5) is 0 Å². The summed E-state index contributed by atoms with van der Waals surface area (Å²) in [6.45, 7) is 0. The van der Waals surface area contributed by atoms with Crippen LogP contribution in [0.5, 0.6) is 5.75 Å². The van der Waals surface area contributed by atoms with Gasteiger partial charge in [-0.2, -0.15) is 0 Å². The van der Waals surface area contributed by atoms with Crippen molar-refractivity contribution in [3.63, 3.8) is 0 Å². The van der Waals surface area contributed by atoms with Crippen LogP contribution in [-0.2, 0) is 4.79 Å². The molecule has 0 aliphatic heterocycles. The minimum Gasteiger partial charge on any atom is -0.497 e. The van der Waals surface area contributed by atoms with Gasteiger partial charge in [0.15, 0.2) is 0 Å². The quantitative estimate of drug-likeness (QED) is 0.726. The van der Waals surface area contributed by atoms with Gasteiger partial charge in [-0.25, -0.2) is 0 Å². The summed E-state index contributed by atoms with van der Waals surface area (Å²) in [4.78, 5) is 10.8. The highest BCUT2D eigenvalue weighted by atomic mass is 16.5. The van der Waals surface area contributed by atoms with Crippen LogP contribution in [0.3, 0.4) is 0 Å². The normalized spacial score (nSPS) is 17.9. The SMILES string of the molecule is COc1ccc(C(CC=O)C2CCCC2)cc1. The van der Waals surface area contributed by atoms with Gasteiger partial charge < -0.3 is 9.53 Å². The summed E-state index contributed by atoms with van der Waals surface area (Å²) in [6.07, 6.45) is 6.88. The first-order valence-corrected chi connectivity index (χ1v) is 6.42. The van der Waals surface area contributed by atoms with Crippen molar-refractivity contribution in [2.75, 3.05) is 7.11 Å². The Morgan fingerprint density at radius 1 is 1.29 bits per heavy atom. The monoisotopic (exact) mass is 232 g/mol. The molecule has 1 unspecified atom stereocenters. The third-order valence-corrected chi connectivity index (χ3v) is 3.86. The van der Waals surface area contributed by atoms with E-state index in [1.54, 1.807) is 7.11 Å². The molecule has 1 aromatic rings. The summed E-state index contributed by atoms with van der Waals surface area (Å²) in [5, 5.41) is 0. The summed E-state index contributed by atoms with van der Waals surface area (Å²) >= 11 is 0. The van der Waals surface area contributed by atoms with Crippen LogP contribution in [0.2, 0.25) is 0 Å². The first-order valence-electron chi connectivity index (χ1n) is 6.42. The Hall–Kier alpha value is -1.31. The molecule has 1 atom stereocenters. The van der Waals surface area contributed by atoms with Gasteiger partial charge in [0.1, 0.15) is 12.0 Å². The summed E-state index contributed by atoms with van der Waals surface area (Å²) in [7, 11) is 1.68. The van der Waals surface area contributed by atoms with Crippen molar-refractivity contribution in [2.45, 2.75) is 38.0 Å². The summed E-state index contributed by atoms with van der Waals surface area (Å²) in [5.74, 6) is 1.97. The van der Waals surface area contributed by atoms with Gasteiger partial charge in [-0.15, -0.1) is 0 Å². The number of hydrogen-bond acceptors (Lipinski definition) is 2. The molecule has 92 valence electrons. The number of benzene rings is 1. The highest BCUT2D eigenvalue weighted by Gasteiger charge is 2.25. The molecule has 1 aliphatic carbocycles. The molecular formula is C15H20O2. The number of methoxy groups -OCH3 is 1. The number of hydrogen-bond donors (Lipinski definition) is 0. The second-order valence-corrected chi connectivity index (χ2v) is 4.83. The molecule has 1 saturated carbocycles. The van der Waals surface area contributed by atoms with Gasteiger partial charge in [0, 0.05) is 6.42 Å². The van der Waals surface area contributed by atoms with E-state index in [0.29, 0.717) is 18.3 Å². The minimum atomic E-state index is 0.404. The zero-order valence-corrected chi connectivity index (χ0v) is 10.4. The van der Waals surface area contributed by atoms with E-state index >= 15 is 0 Å². The number of ether oxygens (including phenoxy) is 1.